The van der Waals surface area contributed by atoms with Crippen molar-refractivity contribution in [3.63, 3.8) is 0 Å². The van der Waals surface area contributed by atoms with Gasteiger partial charge in [0, 0.05) is 17.1 Å². The SMILES string of the molecule is CCC(C)(C)N(C)S(=O)(=O)c1ccccc1Br. The Bertz CT molecular complexity index is 497. The van der Waals surface area contributed by atoms with Crippen LogP contribution in [0.25, 0.3) is 0 Å². The molecule has 5 heteroatoms. The van der Waals surface area contributed by atoms with E-state index in [0.717, 1.165) is 6.42 Å². The monoisotopic (exact) mass is 319 g/mol. The Morgan fingerprint density at radius 1 is 1.29 bits per heavy atom. The van der Waals surface area contributed by atoms with E-state index in [4.69, 9.17) is 0 Å². The highest BCUT2D eigenvalue weighted by molar-refractivity contribution is 9.10. The van der Waals surface area contributed by atoms with Crippen LogP contribution in [0, 0.1) is 0 Å². The van der Waals surface area contributed by atoms with E-state index in [1.54, 1.807) is 31.3 Å². The van der Waals surface area contributed by atoms with Crippen LogP contribution in [0.1, 0.15) is 27.2 Å². The van der Waals surface area contributed by atoms with Crippen LogP contribution in [0.5, 0.6) is 0 Å². The number of hydrogen-bond acceptors (Lipinski definition) is 2. The molecule has 1 rings (SSSR count). The lowest BCUT2D eigenvalue weighted by Gasteiger charge is -2.33. The zero-order valence-electron chi connectivity index (χ0n) is 10.6. The van der Waals surface area contributed by atoms with Gasteiger partial charge in [-0.05, 0) is 48.3 Å². The van der Waals surface area contributed by atoms with Gasteiger partial charge in [0.05, 0.1) is 4.90 Å². The van der Waals surface area contributed by atoms with Gasteiger partial charge in [0.2, 0.25) is 10.0 Å². The van der Waals surface area contributed by atoms with E-state index in [1.807, 2.05) is 20.8 Å². The van der Waals surface area contributed by atoms with Crippen molar-refractivity contribution in [2.45, 2.75) is 37.6 Å². The molecule has 0 saturated heterocycles. The van der Waals surface area contributed by atoms with Crippen molar-refractivity contribution in [2.75, 3.05) is 7.05 Å². The number of halogens is 1. The van der Waals surface area contributed by atoms with Crippen molar-refractivity contribution in [2.24, 2.45) is 0 Å². The first-order chi connectivity index (χ1) is 7.73. The van der Waals surface area contributed by atoms with E-state index in [0.29, 0.717) is 9.37 Å². The van der Waals surface area contributed by atoms with Crippen LogP contribution in [0.3, 0.4) is 0 Å². The van der Waals surface area contributed by atoms with Crippen LogP contribution in [-0.4, -0.2) is 25.3 Å². The van der Waals surface area contributed by atoms with Gasteiger partial charge >= 0.3 is 0 Å². The molecule has 0 bridgehead atoms. The van der Waals surface area contributed by atoms with Crippen LogP contribution in [0.15, 0.2) is 33.6 Å². The minimum atomic E-state index is -3.45. The molecule has 0 saturated carbocycles. The molecule has 0 aliphatic heterocycles. The minimum Gasteiger partial charge on any atom is -0.207 e. The predicted octanol–water partition coefficient (Wildman–Crippen LogP) is 3.26. The average molecular weight is 320 g/mol. The largest absolute Gasteiger partial charge is 0.244 e. The number of sulfonamides is 1. The Kier molecular flexibility index (Phi) is 4.38. The molecule has 0 spiro atoms. The lowest BCUT2D eigenvalue weighted by Crippen LogP contribution is -2.44. The number of nitrogens with zero attached hydrogens (tertiary/aromatic N) is 1. The fraction of sp³-hybridized carbons (Fsp3) is 0.500. The highest BCUT2D eigenvalue weighted by atomic mass is 79.9. The molecule has 0 fully saturated rings. The van der Waals surface area contributed by atoms with Crippen molar-refractivity contribution < 1.29 is 8.42 Å². The van der Waals surface area contributed by atoms with E-state index in [9.17, 15) is 8.42 Å². The quantitative estimate of drug-likeness (QED) is 0.854. The molecule has 0 radical (unpaired) electrons. The van der Waals surface area contributed by atoms with Gasteiger partial charge in [0.1, 0.15) is 0 Å². The van der Waals surface area contributed by atoms with E-state index >= 15 is 0 Å². The molecular weight excluding hydrogens is 302 g/mol. The number of rotatable bonds is 4. The maximum Gasteiger partial charge on any atom is 0.244 e. The summed E-state index contributed by atoms with van der Waals surface area (Å²) in [5.41, 5.74) is -0.395. The molecule has 0 aliphatic rings. The van der Waals surface area contributed by atoms with Crippen molar-refractivity contribution in [3.8, 4) is 0 Å². The summed E-state index contributed by atoms with van der Waals surface area (Å²) in [5.74, 6) is 0. The summed E-state index contributed by atoms with van der Waals surface area (Å²) in [7, 11) is -1.83. The predicted molar refractivity (Wildman–Crippen MR) is 73.5 cm³/mol. The Balaban J connectivity index is 3.26. The molecule has 3 nitrogen and oxygen atoms in total. The lowest BCUT2D eigenvalue weighted by molar-refractivity contribution is 0.257. The van der Waals surface area contributed by atoms with E-state index < -0.39 is 15.6 Å². The van der Waals surface area contributed by atoms with Crippen LogP contribution in [0.2, 0.25) is 0 Å². The first-order valence-corrected chi connectivity index (χ1v) is 7.70. The zero-order valence-corrected chi connectivity index (χ0v) is 13.0. The smallest absolute Gasteiger partial charge is 0.207 e. The Morgan fingerprint density at radius 3 is 2.29 bits per heavy atom. The summed E-state index contributed by atoms with van der Waals surface area (Å²) in [6.07, 6.45) is 0.757. The van der Waals surface area contributed by atoms with Gasteiger partial charge in [-0.25, -0.2) is 8.42 Å². The first kappa shape index (κ1) is 14.7. The maximum atomic E-state index is 12.5. The molecule has 0 N–H and O–H groups in total. The van der Waals surface area contributed by atoms with E-state index in [2.05, 4.69) is 15.9 Å². The lowest BCUT2D eigenvalue weighted by atomic mass is 10.0. The molecule has 0 heterocycles. The van der Waals surface area contributed by atoms with Gasteiger partial charge in [0.15, 0.2) is 0 Å². The van der Waals surface area contributed by atoms with Gasteiger partial charge < -0.3 is 0 Å². The van der Waals surface area contributed by atoms with Crippen molar-refractivity contribution in [1.29, 1.82) is 0 Å². The summed E-state index contributed by atoms with van der Waals surface area (Å²) in [4.78, 5) is 0.309. The van der Waals surface area contributed by atoms with Crippen molar-refractivity contribution >= 4 is 26.0 Å². The van der Waals surface area contributed by atoms with E-state index in [1.165, 1.54) is 4.31 Å². The fourth-order valence-electron chi connectivity index (χ4n) is 1.35. The topological polar surface area (TPSA) is 37.4 Å². The molecule has 0 amide bonds. The Hall–Kier alpha value is -0.390. The third-order valence-electron chi connectivity index (χ3n) is 3.19. The second-order valence-corrected chi connectivity index (χ2v) is 7.36. The fourth-order valence-corrected chi connectivity index (χ4v) is 3.89. The number of hydrogen-bond donors (Lipinski definition) is 0. The third-order valence-corrected chi connectivity index (χ3v) is 6.27. The summed E-state index contributed by atoms with van der Waals surface area (Å²) in [6, 6.07) is 6.87. The van der Waals surface area contributed by atoms with Crippen LogP contribution in [-0.2, 0) is 10.0 Å². The number of benzene rings is 1. The van der Waals surface area contributed by atoms with Gasteiger partial charge in [-0.2, -0.15) is 4.31 Å². The second-order valence-electron chi connectivity index (χ2n) is 4.57. The summed E-state index contributed by atoms with van der Waals surface area (Å²) >= 11 is 3.28. The molecule has 17 heavy (non-hydrogen) atoms. The molecule has 0 aromatic heterocycles. The van der Waals surface area contributed by atoms with Gasteiger partial charge in [-0.1, -0.05) is 19.1 Å². The molecule has 0 aliphatic carbocycles. The molecule has 0 atom stereocenters. The Morgan fingerprint density at radius 2 is 1.82 bits per heavy atom. The second kappa shape index (κ2) is 5.08. The van der Waals surface area contributed by atoms with Crippen molar-refractivity contribution in [3.05, 3.63) is 28.7 Å². The molecule has 1 aromatic carbocycles. The summed E-state index contributed by atoms with van der Waals surface area (Å²) in [5, 5.41) is 0. The van der Waals surface area contributed by atoms with Gasteiger partial charge in [0.25, 0.3) is 0 Å². The summed E-state index contributed by atoms with van der Waals surface area (Å²) in [6.45, 7) is 5.81. The van der Waals surface area contributed by atoms with Crippen LogP contribution >= 0.6 is 15.9 Å². The molecule has 0 unspecified atom stereocenters. The van der Waals surface area contributed by atoms with Crippen LogP contribution < -0.4 is 0 Å². The highest BCUT2D eigenvalue weighted by Gasteiger charge is 2.33. The first-order valence-electron chi connectivity index (χ1n) is 5.47. The maximum absolute atomic E-state index is 12.5. The van der Waals surface area contributed by atoms with Crippen LogP contribution in [0.4, 0.5) is 0 Å². The highest BCUT2D eigenvalue weighted by Crippen LogP contribution is 2.29. The summed E-state index contributed by atoms with van der Waals surface area (Å²) < 4.78 is 26.9. The average Bonchev–Trinajstić information content (AvgIpc) is 2.28. The normalized spacial score (nSPS) is 13.1. The van der Waals surface area contributed by atoms with Gasteiger partial charge in [-0.15, -0.1) is 0 Å². The zero-order chi connectivity index (χ0) is 13.3. The Labute approximate surface area is 112 Å². The standard InChI is InChI=1S/C12H18BrNO2S/c1-5-12(2,3)14(4)17(15,16)11-9-7-6-8-10(11)13/h6-9H,5H2,1-4H3. The molecular formula is C12H18BrNO2S. The minimum absolute atomic E-state index is 0.309. The van der Waals surface area contributed by atoms with Crippen molar-refractivity contribution in [1.82, 2.24) is 4.31 Å². The third kappa shape index (κ3) is 2.89. The molecule has 96 valence electrons. The van der Waals surface area contributed by atoms with E-state index in [-0.39, 0.29) is 0 Å². The van der Waals surface area contributed by atoms with Gasteiger partial charge in [-0.3, -0.25) is 0 Å². The molecule has 1 aromatic rings.